The first-order valence-electron chi connectivity index (χ1n) is 6.82. The van der Waals surface area contributed by atoms with Crippen LogP contribution in [0.5, 0.6) is 0 Å². The van der Waals surface area contributed by atoms with Gasteiger partial charge in [0.05, 0.1) is 12.2 Å². The van der Waals surface area contributed by atoms with Crippen LogP contribution in [0.15, 0.2) is 4.42 Å². The summed E-state index contributed by atoms with van der Waals surface area (Å²) < 4.78 is 5.52. The number of nitrogens with one attached hydrogen (secondary N) is 1. The minimum absolute atomic E-state index is 0.113. The molecule has 1 aliphatic heterocycles. The Morgan fingerprint density at radius 3 is 2.50 bits per heavy atom. The third-order valence-corrected chi connectivity index (χ3v) is 3.68. The number of aromatic nitrogens is 1. The van der Waals surface area contributed by atoms with Crippen molar-refractivity contribution in [2.75, 3.05) is 0 Å². The van der Waals surface area contributed by atoms with Crippen molar-refractivity contribution in [2.24, 2.45) is 0 Å². The van der Waals surface area contributed by atoms with Crippen LogP contribution in [0.25, 0.3) is 0 Å². The fourth-order valence-electron chi connectivity index (χ4n) is 2.43. The Hall–Kier alpha value is -1.85. The second kappa shape index (κ2) is 4.92. The van der Waals surface area contributed by atoms with E-state index in [1.165, 1.54) is 0 Å². The highest BCUT2D eigenvalue weighted by molar-refractivity contribution is 5.99. The SMILES string of the molecule is CCC1C(=O)NC(C)(C)C(=O)N1Cc1nc(C)c(C)o1. The van der Waals surface area contributed by atoms with E-state index in [4.69, 9.17) is 4.42 Å². The molecule has 2 rings (SSSR count). The largest absolute Gasteiger partial charge is 0.444 e. The van der Waals surface area contributed by atoms with Gasteiger partial charge in [-0.05, 0) is 34.1 Å². The predicted octanol–water partition coefficient (Wildman–Crippen LogP) is 1.31. The van der Waals surface area contributed by atoms with Crippen molar-refractivity contribution in [1.82, 2.24) is 15.2 Å². The van der Waals surface area contributed by atoms with Crippen molar-refractivity contribution in [2.45, 2.75) is 59.2 Å². The standard InChI is InChI=1S/C14H21N3O3/c1-6-10-12(18)16-14(4,5)13(19)17(10)7-11-15-8(2)9(3)20-11/h10H,6-7H2,1-5H3,(H,16,18). The predicted molar refractivity (Wildman–Crippen MR) is 72.8 cm³/mol. The van der Waals surface area contributed by atoms with Crippen LogP contribution in [-0.4, -0.2) is 33.3 Å². The van der Waals surface area contributed by atoms with Gasteiger partial charge in [0.15, 0.2) is 0 Å². The molecule has 1 saturated heterocycles. The zero-order valence-corrected chi connectivity index (χ0v) is 12.6. The van der Waals surface area contributed by atoms with Gasteiger partial charge in [0.25, 0.3) is 0 Å². The molecular formula is C14H21N3O3. The summed E-state index contributed by atoms with van der Waals surface area (Å²) in [5.74, 6) is 0.966. The number of carbonyl (C=O) groups is 2. The van der Waals surface area contributed by atoms with Crippen LogP contribution in [-0.2, 0) is 16.1 Å². The van der Waals surface area contributed by atoms with E-state index >= 15 is 0 Å². The number of oxazole rings is 1. The lowest BCUT2D eigenvalue weighted by Gasteiger charge is -2.42. The van der Waals surface area contributed by atoms with Gasteiger partial charge in [0, 0.05) is 0 Å². The van der Waals surface area contributed by atoms with Crippen molar-refractivity contribution in [3.63, 3.8) is 0 Å². The maximum atomic E-state index is 12.5. The van der Waals surface area contributed by atoms with Crippen LogP contribution >= 0.6 is 0 Å². The number of hydrogen-bond acceptors (Lipinski definition) is 4. The molecule has 1 fully saturated rings. The monoisotopic (exact) mass is 279 g/mol. The molecule has 1 unspecified atom stereocenters. The van der Waals surface area contributed by atoms with Gasteiger partial charge in [-0.1, -0.05) is 6.92 Å². The molecule has 6 heteroatoms. The van der Waals surface area contributed by atoms with Gasteiger partial charge >= 0.3 is 0 Å². The molecule has 20 heavy (non-hydrogen) atoms. The normalized spacial score (nSPS) is 22.1. The Morgan fingerprint density at radius 2 is 2.00 bits per heavy atom. The molecule has 1 aromatic rings. The number of amides is 2. The maximum absolute atomic E-state index is 12.5. The molecule has 1 aromatic heterocycles. The Bertz CT molecular complexity index is 528. The lowest BCUT2D eigenvalue weighted by Crippen LogP contribution is -2.67. The van der Waals surface area contributed by atoms with E-state index < -0.39 is 11.6 Å². The summed E-state index contributed by atoms with van der Waals surface area (Å²) in [7, 11) is 0. The summed E-state index contributed by atoms with van der Waals surface area (Å²) in [6, 6.07) is -0.469. The van der Waals surface area contributed by atoms with E-state index in [1.54, 1.807) is 18.7 Å². The smallest absolute Gasteiger partial charge is 0.248 e. The number of carbonyl (C=O) groups excluding carboxylic acids is 2. The van der Waals surface area contributed by atoms with E-state index in [9.17, 15) is 9.59 Å². The summed E-state index contributed by atoms with van der Waals surface area (Å²) in [6.45, 7) is 9.21. The van der Waals surface area contributed by atoms with Crippen molar-refractivity contribution >= 4 is 11.8 Å². The summed E-state index contributed by atoms with van der Waals surface area (Å²) in [6.07, 6.45) is 0.562. The van der Waals surface area contributed by atoms with E-state index in [-0.39, 0.29) is 18.4 Å². The molecule has 2 heterocycles. The summed E-state index contributed by atoms with van der Waals surface area (Å²) in [4.78, 5) is 30.5. The number of hydrogen-bond donors (Lipinski definition) is 1. The first kappa shape index (κ1) is 14.6. The Kier molecular flexibility index (Phi) is 3.58. The molecule has 0 saturated carbocycles. The van der Waals surface area contributed by atoms with E-state index in [0.29, 0.717) is 12.3 Å². The summed E-state index contributed by atoms with van der Waals surface area (Å²) in [5.41, 5.74) is -0.0828. The second-order valence-corrected chi connectivity index (χ2v) is 5.72. The fraction of sp³-hybridized carbons (Fsp3) is 0.643. The van der Waals surface area contributed by atoms with Crippen LogP contribution in [0.4, 0.5) is 0 Å². The van der Waals surface area contributed by atoms with Crippen molar-refractivity contribution in [1.29, 1.82) is 0 Å². The van der Waals surface area contributed by atoms with E-state index in [0.717, 1.165) is 11.5 Å². The van der Waals surface area contributed by atoms with Gasteiger partial charge in [0.1, 0.15) is 17.3 Å². The maximum Gasteiger partial charge on any atom is 0.248 e. The molecule has 0 bridgehead atoms. The van der Waals surface area contributed by atoms with E-state index in [2.05, 4.69) is 10.3 Å². The lowest BCUT2D eigenvalue weighted by atomic mass is 9.96. The molecular weight excluding hydrogens is 258 g/mol. The molecule has 6 nitrogen and oxygen atoms in total. The van der Waals surface area contributed by atoms with Gasteiger partial charge in [-0.2, -0.15) is 0 Å². The number of piperazine rings is 1. The Balaban J connectivity index is 2.29. The van der Waals surface area contributed by atoms with Gasteiger partial charge in [-0.25, -0.2) is 4.98 Å². The van der Waals surface area contributed by atoms with Crippen LogP contribution < -0.4 is 5.32 Å². The number of rotatable bonds is 3. The highest BCUT2D eigenvalue weighted by atomic mass is 16.4. The van der Waals surface area contributed by atoms with Crippen molar-refractivity contribution in [3.05, 3.63) is 17.3 Å². The van der Waals surface area contributed by atoms with Gasteiger partial charge in [-0.3, -0.25) is 9.59 Å². The van der Waals surface area contributed by atoms with Gasteiger partial charge in [-0.15, -0.1) is 0 Å². The molecule has 0 spiro atoms. The zero-order chi connectivity index (χ0) is 15.1. The number of nitrogens with zero attached hydrogens (tertiary/aromatic N) is 2. The topological polar surface area (TPSA) is 75.4 Å². The minimum atomic E-state index is -0.889. The van der Waals surface area contributed by atoms with Gasteiger partial charge in [0.2, 0.25) is 17.7 Å². The first-order chi connectivity index (χ1) is 9.26. The molecule has 110 valence electrons. The molecule has 0 radical (unpaired) electrons. The van der Waals surface area contributed by atoms with Crippen LogP contribution in [0.1, 0.15) is 44.5 Å². The van der Waals surface area contributed by atoms with Crippen molar-refractivity contribution < 1.29 is 14.0 Å². The molecule has 2 amide bonds. The quantitative estimate of drug-likeness (QED) is 0.905. The zero-order valence-electron chi connectivity index (χ0n) is 12.6. The highest BCUT2D eigenvalue weighted by Gasteiger charge is 2.44. The average molecular weight is 279 g/mol. The summed E-state index contributed by atoms with van der Waals surface area (Å²) in [5, 5.41) is 2.76. The second-order valence-electron chi connectivity index (χ2n) is 5.72. The minimum Gasteiger partial charge on any atom is -0.444 e. The molecule has 1 aliphatic rings. The van der Waals surface area contributed by atoms with Gasteiger partial charge < -0.3 is 14.6 Å². The van der Waals surface area contributed by atoms with Crippen LogP contribution in [0.2, 0.25) is 0 Å². The fourth-order valence-corrected chi connectivity index (χ4v) is 2.43. The molecule has 1 N–H and O–H groups in total. The lowest BCUT2D eigenvalue weighted by molar-refractivity contribution is -0.154. The summed E-state index contributed by atoms with van der Waals surface area (Å²) >= 11 is 0. The Labute approximate surface area is 118 Å². The molecule has 0 aromatic carbocycles. The van der Waals surface area contributed by atoms with E-state index in [1.807, 2.05) is 20.8 Å². The molecule has 0 aliphatic carbocycles. The van der Waals surface area contributed by atoms with Crippen LogP contribution in [0.3, 0.4) is 0 Å². The Morgan fingerprint density at radius 1 is 1.35 bits per heavy atom. The third-order valence-electron chi connectivity index (χ3n) is 3.68. The van der Waals surface area contributed by atoms with Crippen molar-refractivity contribution in [3.8, 4) is 0 Å². The highest BCUT2D eigenvalue weighted by Crippen LogP contribution is 2.22. The average Bonchev–Trinajstić information content (AvgIpc) is 2.65. The van der Waals surface area contributed by atoms with Crippen LogP contribution in [0, 0.1) is 13.8 Å². The number of aryl methyl sites for hydroxylation is 2. The third kappa shape index (κ3) is 2.42. The first-order valence-corrected chi connectivity index (χ1v) is 6.82. The molecule has 1 atom stereocenters.